The van der Waals surface area contributed by atoms with E-state index in [1.54, 1.807) is 0 Å². The first-order chi connectivity index (χ1) is 8.93. The average Bonchev–Trinajstić information content (AvgIpc) is 2.23. The maximum atomic E-state index is 12.7. The number of nitrogens with zero attached hydrogens (tertiary/aromatic N) is 1. The van der Waals surface area contributed by atoms with Crippen LogP contribution in [0.25, 0.3) is 0 Å². The average molecular weight is 331 g/mol. The molecule has 0 atom stereocenters. The summed E-state index contributed by atoms with van der Waals surface area (Å²) in [5.74, 6) is -1.75. The third-order valence-corrected chi connectivity index (χ3v) is 3.69. The molecule has 0 fully saturated rings. The predicted molar refractivity (Wildman–Crippen MR) is 63.7 cm³/mol. The molecule has 0 aliphatic carbocycles. The van der Waals surface area contributed by atoms with Crippen LogP contribution in [0.4, 0.5) is 18.9 Å². The van der Waals surface area contributed by atoms with Crippen molar-refractivity contribution in [2.45, 2.75) is 6.18 Å². The number of halogens is 4. The van der Waals surface area contributed by atoms with Crippen LogP contribution in [0.1, 0.15) is 5.56 Å². The van der Waals surface area contributed by atoms with Crippen LogP contribution in [0.3, 0.4) is 0 Å². The Kier molecular flexibility index (Phi) is 4.55. The first-order valence-electron chi connectivity index (χ1n) is 4.97. The van der Waals surface area contributed by atoms with Crippen molar-refractivity contribution >= 4 is 33.3 Å². The second kappa shape index (κ2) is 5.49. The van der Waals surface area contributed by atoms with Gasteiger partial charge in [0.25, 0.3) is 0 Å². The molecule has 0 heterocycles. The number of rotatable bonds is 4. The summed E-state index contributed by atoms with van der Waals surface area (Å²) in [7, 11) is -4.09. The third kappa shape index (κ3) is 4.01. The second-order valence-electron chi connectivity index (χ2n) is 3.80. The molecule has 0 bridgehead atoms. The second-order valence-corrected chi connectivity index (χ2v) is 6.12. The van der Waals surface area contributed by atoms with Crippen LogP contribution in [0.2, 0.25) is 5.02 Å². The minimum absolute atomic E-state index is 0.286. The SMILES string of the molecule is CS(=O)(=O)N(CC(=O)[O-])c1ccc(Cl)c(C(F)(F)F)c1. The lowest BCUT2D eigenvalue weighted by Crippen LogP contribution is -2.41. The van der Waals surface area contributed by atoms with Crippen molar-refractivity contribution in [3.63, 3.8) is 0 Å². The molecule has 1 aromatic carbocycles. The highest BCUT2D eigenvalue weighted by atomic mass is 35.5. The van der Waals surface area contributed by atoms with E-state index in [0.29, 0.717) is 12.3 Å². The van der Waals surface area contributed by atoms with E-state index in [1.807, 2.05) is 0 Å². The van der Waals surface area contributed by atoms with Crippen molar-refractivity contribution < 1.29 is 31.5 Å². The Morgan fingerprint density at radius 3 is 2.35 bits per heavy atom. The molecular formula is C10H8ClF3NO4S-. The molecule has 5 nitrogen and oxygen atoms in total. The molecule has 20 heavy (non-hydrogen) atoms. The van der Waals surface area contributed by atoms with Crippen LogP contribution in [0, 0.1) is 0 Å². The first-order valence-corrected chi connectivity index (χ1v) is 7.20. The quantitative estimate of drug-likeness (QED) is 0.821. The number of benzene rings is 1. The largest absolute Gasteiger partial charge is 0.548 e. The number of aliphatic carboxylic acids is 1. The van der Waals surface area contributed by atoms with Gasteiger partial charge in [-0.2, -0.15) is 13.2 Å². The maximum absolute atomic E-state index is 12.7. The molecule has 1 rings (SSSR count). The van der Waals surface area contributed by atoms with Gasteiger partial charge in [-0.25, -0.2) is 8.42 Å². The van der Waals surface area contributed by atoms with E-state index in [2.05, 4.69) is 0 Å². The predicted octanol–water partition coefficient (Wildman–Crippen LogP) is 0.875. The van der Waals surface area contributed by atoms with E-state index in [0.717, 1.165) is 12.1 Å². The Labute approximate surface area is 117 Å². The van der Waals surface area contributed by atoms with Crippen LogP contribution in [-0.2, 0) is 21.0 Å². The Morgan fingerprint density at radius 2 is 1.95 bits per heavy atom. The summed E-state index contributed by atoms with van der Waals surface area (Å²) < 4.78 is 61.2. The minimum atomic E-state index is -4.79. The van der Waals surface area contributed by atoms with Crippen molar-refractivity contribution in [3.05, 3.63) is 28.8 Å². The summed E-state index contributed by atoms with van der Waals surface area (Å²) >= 11 is 5.39. The number of alkyl halides is 3. The van der Waals surface area contributed by atoms with Gasteiger partial charge >= 0.3 is 6.18 Å². The van der Waals surface area contributed by atoms with Crippen molar-refractivity contribution in [1.82, 2.24) is 0 Å². The van der Waals surface area contributed by atoms with Gasteiger partial charge in [0.1, 0.15) is 0 Å². The Bertz CT molecular complexity index is 630. The highest BCUT2D eigenvalue weighted by Gasteiger charge is 2.34. The zero-order chi connectivity index (χ0) is 15.7. The van der Waals surface area contributed by atoms with Crippen LogP contribution >= 0.6 is 11.6 Å². The molecule has 0 amide bonds. The number of hydrogen-bond acceptors (Lipinski definition) is 4. The molecule has 0 unspecified atom stereocenters. The molecule has 112 valence electrons. The number of carboxylic acid groups (broad SMARTS) is 1. The number of carboxylic acids is 1. The maximum Gasteiger partial charge on any atom is 0.417 e. The van der Waals surface area contributed by atoms with Crippen molar-refractivity contribution in [2.75, 3.05) is 17.1 Å². The molecule has 10 heteroatoms. The van der Waals surface area contributed by atoms with Gasteiger partial charge in [-0.15, -0.1) is 0 Å². The van der Waals surface area contributed by atoms with Gasteiger partial charge in [-0.3, -0.25) is 4.31 Å². The number of hydrogen-bond donors (Lipinski definition) is 0. The van der Waals surface area contributed by atoms with Gasteiger partial charge in [0, 0.05) is 0 Å². The highest BCUT2D eigenvalue weighted by molar-refractivity contribution is 7.92. The lowest BCUT2D eigenvalue weighted by molar-refractivity contribution is -0.303. The van der Waals surface area contributed by atoms with Crippen LogP contribution in [-0.4, -0.2) is 27.2 Å². The van der Waals surface area contributed by atoms with Gasteiger partial charge in [-0.1, -0.05) is 11.6 Å². The van der Waals surface area contributed by atoms with E-state index in [-0.39, 0.29) is 4.31 Å². The fourth-order valence-electron chi connectivity index (χ4n) is 1.40. The van der Waals surface area contributed by atoms with Gasteiger partial charge in [0.2, 0.25) is 10.0 Å². The smallest absolute Gasteiger partial charge is 0.417 e. The van der Waals surface area contributed by atoms with Crippen molar-refractivity contribution in [1.29, 1.82) is 0 Å². The molecule has 0 N–H and O–H groups in total. The third-order valence-electron chi connectivity index (χ3n) is 2.22. The number of anilines is 1. The zero-order valence-electron chi connectivity index (χ0n) is 9.94. The number of carbonyl (C=O) groups excluding carboxylic acids is 1. The standard InChI is InChI=1S/C10H9ClF3NO4S/c1-20(18,19)15(5-9(16)17)6-2-3-8(11)7(4-6)10(12,13)14/h2-4H,5H2,1H3,(H,16,17)/p-1. The van der Waals surface area contributed by atoms with E-state index in [1.165, 1.54) is 0 Å². The lowest BCUT2D eigenvalue weighted by atomic mass is 10.2. The molecule has 0 aromatic heterocycles. The summed E-state index contributed by atoms with van der Waals surface area (Å²) in [5, 5.41) is 9.89. The molecule has 0 aliphatic rings. The van der Waals surface area contributed by atoms with Crippen molar-refractivity contribution in [3.8, 4) is 0 Å². The molecule has 0 saturated carbocycles. The van der Waals surface area contributed by atoms with Crippen LogP contribution in [0.15, 0.2) is 18.2 Å². The molecule has 0 saturated heterocycles. The summed E-state index contributed by atoms with van der Waals surface area (Å²) in [5.41, 5.74) is -1.72. The normalized spacial score (nSPS) is 12.2. The fraction of sp³-hybridized carbons (Fsp3) is 0.300. The Hall–Kier alpha value is -1.48. The molecular weight excluding hydrogens is 323 g/mol. The Morgan fingerprint density at radius 1 is 1.40 bits per heavy atom. The van der Waals surface area contributed by atoms with Crippen LogP contribution < -0.4 is 9.41 Å². The fourth-order valence-corrected chi connectivity index (χ4v) is 2.46. The number of sulfonamides is 1. The molecule has 0 spiro atoms. The van der Waals surface area contributed by atoms with E-state index < -0.39 is 45.0 Å². The zero-order valence-corrected chi connectivity index (χ0v) is 11.5. The van der Waals surface area contributed by atoms with E-state index in [4.69, 9.17) is 11.6 Å². The Balaban J connectivity index is 3.40. The number of carbonyl (C=O) groups is 1. The summed E-state index contributed by atoms with van der Waals surface area (Å²) in [6.07, 6.45) is -4.13. The van der Waals surface area contributed by atoms with Crippen LogP contribution in [0.5, 0.6) is 0 Å². The van der Waals surface area contributed by atoms with E-state index in [9.17, 15) is 31.5 Å². The highest BCUT2D eigenvalue weighted by Crippen LogP contribution is 2.37. The summed E-state index contributed by atoms with van der Waals surface area (Å²) in [4.78, 5) is 10.5. The van der Waals surface area contributed by atoms with Crippen molar-refractivity contribution in [2.24, 2.45) is 0 Å². The lowest BCUT2D eigenvalue weighted by Gasteiger charge is -2.24. The molecule has 0 radical (unpaired) electrons. The summed E-state index contributed by atoms with van der Waals surface area (Å²) in [6, 6.07) is 2.28. The monoisotopic (exact) mass is 330 g/mol. The molecule has 0 aliphatic heterocycles. The van der Waals surface area contributed by atoms with Gasteiger partial charge in [0.05, 0.1) is 35.0 Å². The van der Waals surface area contributed by atoms with Gasteiger partial charge in [-0.05, 0) is 18.2 Å². The topological polar surface area (TPSA) is 77.5 Å². The van der Waals surface area contributed by atoms with E-state index >= 15 is 0 Å². The first kappa shape index (κ1) is 16.6. The molecule has 1 aromatic rings. The van der Waals surface area contributed by atoms with Gasteiger partial charge in [0.15, 0.2) is 0 Å². The summed E-state index contributed by atoms with van der Waals surface area (Å²) in [6.45, 7) is -1.10. The van der Waals surface area contributed by atoms with Gasteiger partial charge < -0.3 is 9.90 Å². The minimum Gasteiger partial charge on any atom is -0.548 e.